The van der Waals surface area contributed by atoms with E-state index in [9.17, 15) is 9.90 Å². The summed E-state index contributed by atoms with van der Waals surface area (Å²) in [6.07, 6.45) is 5.88. The van der Waals surface area contributed by atoms with Gasteiger partial charge in [-0.05, 0) is 36.1 Å². The van der Waals surface area contributed by atoms with Gasteiger partial charge in [-0.25, -0.2) is 0 Å². The van der Waals surface area contributed by atoms with Crippen LogP contribution in [-0.2, 0) is 4.79 Å². The van der Waals surface area contributed by atoms with Crippen LogP contribution in [0, 0.1) is 5.92 Å². The minimum atomic E-state index is -0.618. The van der Waals surface area contributed by atoms with Crippen molar-refractivity contribution >= 4 is 34.8 Å². The fraction of sp³-hybridized carbons (Fsp3) is 0.391. The maximum Gasteiger partial charge on any atom is 0.221 e. The van der Waals surface area contributed by atoms with Gasteiger partial charge in [0.1, 0.15) is 11.5 Å². The first-order valence-corrected chi connectivity index (χ1v) is 10.5. The van der Waals surface area contributed by atoms with Crippen LogP contribution >= 0.6 is 23.2 Å². The van der Waals surface area contributed by atoms with Crippen molar-refractivity contribution in [3.8, 4) is 0 Å². The molecule has 1 aromatic carbocycles. The van der Waals surface area contributed by atoms with Crippen LogP contribution in [0.5, 0.6) is 0 Å². The van der Waals surface area contributed by atoms with Crippen LogP contribution in [0.15, 0.2) is 58.3 Å². The molecule has 0 aliphatic heterocycles. The predicted molar refractivity (Wildman–Crippen MR) is 124 cm³/mol. The first-order chi connectivity index (χ1) is 13.8. The molecule has 29 heavy (non-hydrogen) atoms. The molecule has 2 N–H and O–H groups in total. The lowest BCUT2D eigenvalue weighted by Crippen LogP contribution is -2.32. The lowest BCUT2D eigenvalue weighted by Gasteiger charge is -2.26. The number of hydrogen-bond acceptors (Lipinski definition) is 3. The minimum Gasteiger partial charge on any atom is -0.505 e. The zero-order valence-electron chi connectivity index (χ0n) is 17.9. The van der Waals surface area contributed by atoms with Crippen molar-refractivity contribution in [1.82, 2.24) is 5.32 Å². The number of aliphatic hydroxyl groups excluding tert-OH is 1. The molecule has 0 fully saturated rings. The third-order valence-electron chi connectivity index (χ3n) is 4.23. The van der Waals surface area contributed by atoms with E-state index in [0.29, 0.717) is 33.3 Å². The largest absolute Gasteiger partial charge is 0.505 e. The maximum atomic E-state index is 12.5. The number of hydrogen-bond donors (Lipinski definition) is 2. The van der Waals surface area contributed by atoms with Gasteiger partial charge >= 0.3 is 0 Å². The van der Waals surface area contributed by atoms with Crippen molar-refractivity contribution in [3.63, 3.8) is 0 Å². The maximum absolute atomic E-state index is 12.5. The quantitative estimate of drug-likeness (QED) is 0.544. The predicted octanol–water partition coefficient (Wildman–Crippen LogP) is 6.62. The lowest BCUT2D eigenvalue weighted by atomic mass is 9.89. The number of allylic oxidation sites excluding steroid dienone is 3. The third kappa shape index (κ3) is 6.48. The van der Waals surface area contributed by atoms with Crippen molar-refractivity contribution in [2.45, 2.75) is 47.1 Å². The monoisotopic (exact) mass is 436 g/mol. The van der Waals surface area contributed by atoms with E-state index in [4.69, 9.17) is 23.2 Å². The summed E-state index contributed by atoms with van der Waals surface area (Å²) in [7, 11) is 1.62. The lowest BCUT2D eigenvalue weighted by molar-refractivity contribution is -0.122. The molecule has 1 aliphatic carbocycles. The number of nitrogens with zero attached hydrogens (tertiary/aromatic N) is 1. The second kappa shape index (κ2) is 11.8. The van der Waals surface area contributed by atoms with Crippen LogP contribution in [0.4, 0.5) is 0 Å². The first-order valence-electron chi connectivity index (χ1n) is 9.77. The van der Waals surface area contributed by atoms with Crippen LogP contribution in [0.2, 0.25) is 10.0 Å². The van der Waals surface area contributed by atoms with Crippen LogP contribution in [0.1, 0.15) is 52.6 Å². The van der Waals surface area contributed by atoms with Crippen LogP contribution in [0.3, 0.4) is 0 Å². The van der Waals surface area contributed by atoms with E-state index >= 15 is 0 Å². The summed E-state index contributed by atoms with van der Waals surface area (Å²) in [5.41, 5.74) is 2.47. The van der Waals surface area contributed by atoms with Crippen molar-refractivity contribution in [2.75, 3.05) is 7.05 Å². The van der Waals surface area contributed by atoms with E-state index in [0.717, 1.165) is 5.57 Å². The molecule has 2 rings (SSSR count). The molecule has 158 valence electrons. The van der Waals surface area contributed by atoms with Gasteiger partial charge in [-0.3, -0.25) is 9.79 Å². The summed E-state index contributed by atoms with van der Waals surface area (Å²) in [5, 5.41) is 14.7. The van der Waals surface area contributed by atoms with Gasteiger partial charge in [0.05, 0.1) is 6.04 Å². The van der Waals surface area contributed by atoms with Gasteiger partial charge in [0.25, 0.3) is 0 Å². The number of carbonyl (C=O) groups excluding carboxylic acids is 1. The van der Waals surface area contributed by atoms with Crippen molar-refractivity contribution < 1.29 is 9.90 Å². The minimum absolute atomic E-state index is 0.0222. The van der Waals surface area contributed by atoms with E-state index in [2.05, 4.69) is 10.3 Å². The Labute approximate surface area is 184 Å². The Morgan fingerprint density at radius 1 is 1.24 bits per heavy atom. The summed E-state index contributed by atoms with van der Waals surface area (Å²) < 4.78 is 0. The standard InChI is InChI=1S/C21H24Cl2N2O2.C2H6/c1-5-13-6-8-16(21(27)19(13)24-4)20(25-18(26)10-12(2)3)15-9-7-14(22)11-17(15)23;1-2/h5-9,11-12,20,27H,10H2,1-4H3,(H,25,26);1-2H3/b13-5-,24-19?;. The molecule has 0 spiro atoms. The van der Waals surface area contributed by atoms with Gasteiger partial charge < -0.3 is 10.4 Å². The number of aliphatic imine (C=N–C) groups is 1. The highest BCUT2D eigenvalue weighted by atomic mass is 35.5. The van der Waals surface area contributed by atoms with E-state index in [1.165, 1.54) is 0 Å². The first kappa shape index (κ1) is 25.0. The van der Waals surface area contributed by atoms with Gasteiger partial charge in [-0.15, -0.1) is 0 Å². The van der Waals surface area contributed by atoms with E-state index < -0.39 is 6.04 Å². The fourth-order valence-corrected chi connectivity index (χ4v) is 3.48. The molecule has 0 saturated carbocycles. The Balaban J connectivity index is 0.00000204. The molecule has 0 heterocycles. The number of aliphatic hydroxyl groups is 1. The second-order valence-electron chi connectivity index (χ2n) is 6.72. The van der Waals surface area contributed by atoms with Crippen molar-refractivity contribution in [3.05, 3.63) is 68.9 Å². The van der Waals surface area contributed by atoms with Gasteiger partial charge in [-0.1, -0.05) is 75.2 Å². The molecule has 4 nitrogen and oxygen atoms in total. The van der Waals surface area contributed by atoms with E-state index in [1.807, 2.05) is 46.8 Å². The summed E-state index contributed by atoms with van der Waals surface area (Å²) in [6, 6.07) is 4.47. The number of amides is 1. The highest BCUT2D eigenvalue weighted by molar-refractivity contribution is 6.35. The number of halogens is 2. The molecule has 6 heteroatoms. The smallest absolute Gasteiger partial charge is 0.221 e. The highest BCUT2D eigenvalue weighted by Gasteiger charge is 2.28. The molecule has 0 bridgehead atoms. The zero-order chi connectivity index (χ0) is 22.1. The van der Waals surface area contributed by atoms with Gasteiger partial charge in [0.15, 0.2) is 0 Å². The molecule has 1 aliphatic rings. The van der Waals surface area contributed by atoms with Gasteiger partial charge in [-0.2, -0.15) is 0 Å². The van der Waals surface area contributed by atoms with Gasteiger partial charge in [0.2, 0.25) is 5.91 Å². The number of carbonyl (C=O) groups is 1. The normalized spacial score (nSPS) is 17.4. The molecule has 1 unspecified atom stereocenters. The fourth-order valence-electron chi connectivity index (χ4n) is 2.96. The van der Waals surface area contributed by atoms with Crippen LogP contribution in [-0.4, -0.2) is 23.8 Å². The number of rotatable bonds is 5. The number of nitrogens with one attached hydrogen (secondary N) is 1. The SMILES string of the molecule is C/C=C1/C=CC(C(NC(=O)CC(C)C)c2ccc(Cl)cc2Cl)=C(O)C1=NC.CC. The molecule has 1 atom stereocenters. The Kier molecular flexibility index (Phi) is 10.2. The van der Waals surface area contributed by atoms with Crippen LogP contribution < -0.4 is 5.32 Å². The molecule has 0 radical (unpaired) electrons. The summed E-state index contributed by atoms with van der Waals surface area (Å²) in [5.74, 6) is 0.105. The topological polar surface area (TPSA) is 61.7 Å². The zero-order valence-corrected chi connectivity index (χ0v) is 19.4. The molecule has 0 saturated heterocycles. The Morgan fingerprint density at radius 3 is 2.41 bits per heavy atom. The molecular weight excluding hydrogens is 407 g/mol. The Bertz CT molecular complexity index is 852. The molecule has 1 amide bonds. The van der Waals surface area contributed by atoms with Crippen LogP contribution in [0.25, 0.3) is 0 Å². The van der Waals surface area contributed by atoms with Gasteiger partial charge in [0, 0.05) is 29.1 Å². The Hall–Kier alpha value is -2.04. The average molecular weight is 437 g/mol. The molecule has 1 aromatic rings. The Morgan fingerprint density at radius 2 is 1.90 bits per heavy atom. The average Bonchev–Trinajstić information content (AvgIpc) is 2.67. The number of benzene rings is 1. The molecule has 0 aromatic heterocycles. The highest BCUT2D eigenvalue weighted by Crippen LogP contribution is 2.35. The van der Waals surface area contributed by atoms with Crippen molar-refractivity contribution in [1.29, 1.82) is 0 Å². The van der Waals surface area contributed by atoms with Crippen molar-refractivity contribution in [2.24, 2.45) is 10.9 Å². The summed E-state index contributed by atoms with van der Waals surface area (Å²) in [6.45, 7) is 9.82. The van der Waals surface area contributed by atoms with E-state index in [-0.39, 0.29) is 17.6 Å². The summed E-state index contributed by atoms with van der Waals surface area (Å²) in [4.78, 5) is 16.7. The second-order valence-corrected chi connectivity index (χ2v) is 7.56. The molecular formula is C23H30Cl2N2O2. The summed E-state index contributed by atoms with van der Waals surface area (Å²) >= 11 is 12.4. The van der Waals surface area contributed by atoms with E-state index in [1.54, 1.807) is 31.3 Å². The third-order valence-corrected chi connectivity index (χ3v) is 4.79.